The summed E-state index contributed by atoms with van der Waals surface area (Å²) in [6.07, 6.45) is 2.62. The van der Waals surface area contributed by atoms with Crippen molar-refractivity contribution in [3.05, 3.63) is 64.3 Å². The number of hydrogen-bond donors (Lipinski definition) is 1. The molecule has 2 amide bonds. The second-order valence-corrected chi connectivity index (χ2v) is 7.77. The van der Waals surface area contributed by atoms with E-state index in [2.05, 4.69) is 10.3 Å². The van der Waals surface area contributed by atoms with Crippen LogP contribution >= 0.6 is 0 Å². The largest absolute Gasteiger partial charge is 0.352 e. The number of aryl methyl sites for hydroxylation is 2. The maximum Gasteiger partial charge on any atom is 0.328 e. The maximum atomic E-state index is 12.7. The second kappa shape index (κ2) is 8.14. The minimum Gasteiger partial charge on any atom is -0.352 e. The Kier molecular flexibility index (Phi) is 5.39. The van der Waals surface area contributed by atoms with Crippen LogP contribution in [0.1, 0.15) is 24.1 Å². The lowest BCUT2D eigenvalue weighted by Crippen LogP contribution is -2.45. The number of imidazole rings is 1. The van der Waals surface area contributed by atoms with Gasteiger partial charge in [-0.1, -0.05) is 12.1 Å². The van der Waals surface area contributed by atoms with E-state index in [1.807, 2.05) is 36.4 Å². The van der Waals surface area contributed by atoms with Gasteiger partial charge in [0.2, 0.25) is 11.8 Å². The molecule has 0 unspecified atom stereocenters. The number of amides is 2. The monoisotopic (exact) mass is 407 g/mol. The molecule has 1 saturated heterocycles. The number of nitrogens with zero attached hydrogens (tertiary/aromatic N) is 4. The molecule has 1 atom stereocenters. The van der Waals surface area contributed by atoms with Crippen LogP contribution < -0.4 is 11.0 Å². The minimum atomic E-state index is -0.240. The average molecular weight is 407 g/mol. The van der Waals surface area contributed by atoms with Crippen LogP contribution in [0.15, 0.2) is 47.4 Å². The summed E-state index contributed by atoms with van der Waals surface area (Å²) < 4.78 is 3.20. The third-order valence-electron chi connectivity index (χ3n) is 5.75. The Balaban J connectivity index is 1.40. The summed E-state index contributed by atoms with van der Waals surface area (Å²) in [5.41, 5.74) is 3.35. The van der Waals surface area contributed by atoms with Crippen LogP contribution in [-0.2, 0) is 36.8 Å². The molecule has 156 valence electrons. The summed E-state index contributed by atoms with van der Waals surface area (Å²) in [5, 5.41) is 2.99. The van der Waals surface area contributed by atoms with Crippen LogP contribution in [0.2, 0.25) is 0 Å². The number of nitrogens with one attached hydrogen (secondary N) is 1. The van der Waals surface area contributed by atoms with Crippen molar-refractivity contribution in [2.75, 3.05) is 6.54 Å². The first kappa shape index (κ1) is 19.9. The van der Waals surface area contributed by atoms with Crippen LogP contribution in [0.5, 0.6) is 0 Å². The van der Waals surface area contributed by atoms with Crippen LogP contribution in [-0.4, -0.2) is 37.4 Å². The summed E-state index contributed by atoms with van der Waals surface area (Å²) in [5.74, 6) is -0.244. The van der Waals surface area contributed by atoms with Crippen molar-refractivity contribution in [1.82, 2.24) is 24.3 Å². The van der Waals surface area contributed by atoms with E-state index in [1.54, 1.807) is 34.3 Å². The zero-order chi connectivity index (χ0) is 21.3. The van der Waals surface area contributed by atoms with E-state index in [9.17, 15) is 14.4 Å². The van der Waals surface area contributed by atoms with Crippen LogP contribution in [0.3, 0.4) is 0 Å². The first-order valence-electron chi connectivity index (χ1n) is 10.0. The number of carbonyl (C=O) groups is 2. The Labute approximate surface area is 174 Å². The smallest absolute Gasteiger partial charge is 0.328 e. The number of likely N-dealkylation sites (tertiary alicyclic amines) is 1. The molecule has 3 aromatic rings. The van der Waals surface area contributed by atoms with Crippen molar-refractivity contribution in [2.24, 2.45) is 20.0 Å². The van der Waals surface area contributed by atoms with E-state index >= 15 is 0 Å². The number of rotatable bonds is 5. The quantitative estimate of drug-likeness (QED) is 0.691. The first-order chi connectivity index (χ1) is 14.4. The SMILES string of the molecule is Cn1c(=O)n(C)c2cc(CNC(=O)[C@@H]3CCC(=O)N(Cc4ccccn4)C3)ccc21. The van der Waals surface area contributed by atoms with Crippen molar-refractivity contribution >= 4 is 22.8 Å². The van der Waals surface area contributed by atoms with Gasteiger partial charge >= 0.3 is 5.69 Å². The number of fused-ring (bicyclic) bond motifs is 1. The molecule has 4 rings (SSSR count). The molecule has 0 bridgehead atoms. The molecule has 8 heteroatoms. The van der Waals surface area contributed by atoms with Crippen LogP contribution in [0.25, 0.3) is 11.0 Å². The molecular formula is C22H25N5O3. The fourth-order valence-corrected chi connectivity index (χ4v) is 3.96. The van der Waals surface area contributed by atoms with Crippen molar-refractivity contribution in [2.45, 2.75) is 25.9 Å². The lowest BCUT2D eigenvalue weighted by molar-refractivity contribution is -0.139. The Hall–Kier alpha value is -3.42. The molecule has 2 aromatic heterocycles. The Morgan fingerprint density at radius 1 is 1.13 bits per heavy atom. The molecule has 1 aliphatic rings. The molecular weight excluding hydrogens is 382 g/mol. The second-order valence-electron chi connectivity index (χ2n) is 7.77. The van der Waals surface area contributed by atoms with E-state index in [0.717, 1.165) is 22.3 Å². The average Bonchev–Trinajstić information content (AvgIpc) is 2.98. The summed E-state index contributed by atoms with van der Waals surface area (Å²) in [6.45, 7) is 1.19. The number of benzene rings is 1. The molecule has 1 aliphatic heterocycles. The van der Waals surface area contributed by atoms with Gasteiger partial charge in [0.25, 0.3) is 0 Å². The molecule has 3 heterocycles. The van der Waals surface area contributed by atoms with E-state index in [0.29, 0.717) is 32.5 Å². The molecule has 0 saturated carbocycles. The Morgan fingerprint density at radius 2 is 1.93 bits per heavy atom. The van der Waals surface area contributed by atoms with E-state index in [1.165, 1.54) is 0 Å². The zero-order valence-electron chi connectivity index (χ0n) is 17.2. The van der Waals surface area contributed by atoms with Crippen LogP contribution in [0, 0.1) is 5.92 Å². The zero-order valence-corrected chi connectivity index (χ0v) is 17.2. The molecule has 1 fully saturated rings. The topological polar surface area (TPSA) is 89.2 Å². The number of piperidine rings is 1. The van der Waals surface area contributed by atoms with E-state index in [-0.39, 0.29) is 23.4 Å². The molecule has 1 aromatic carbocycles. The third kappa shape index (κ3) is 3.85. The van der Waals surface area contributed by atoms with E-state index < -0.39 is 0 Å². The maximum absolute atomic E-state index is 12.7. The van der Waals surface area contributed by atoms with Gasteiger partial charge in [-0.2, -0.15) is 0 Å². The number of carbonyl (C=O) groups excluding carboxylic acids is 2. The first-order valence-corrected chi connectivity index (χ1v) is 10.0. The van der Waals surface area contributed by atoms with Crippen LogP contribution in [0.4, 0.5) is 0 Å². The number of aromatic nitrogens is 3. The summed E-state index contributed by atoms with van der Waals surface area (Å²) in [7, 11) is 3.48. The highest BCUT2D eigenvalue weighted by atomic mass is 16.2. The fraction of sp³-hybridized carbons (Fsp3) is 0.364. The van der Waals surface area contributed by atoms with Crippen molar-refractivity contribution < 1.29 is 9.59 Å². The highest BCUT2D eigenvalue weighted by Crippen LogP contribution is 2.20. The number of hydrogen-bond acceptors (Lipinski definition) is 4. The Morgan fingerprint density at radius 3 is 2.70 bits per heavy atom. The van der Waals surface area contributed by atoms with Gasteiger partial charge in [0.05, 0.1) is 29.2 Å². The van der Waals surface area contributed by atoms with Gasteiger partial charge in [-0.25, -0.2) is 4.79 Å². The summed E-state index contributed by atoms with van der Waals surface area (Å²) >= 11 is 0. The molecule has 0 radical (unpaired) electrons. The predicted molar refractivity (Wildman–Crippen MR) is 112 cm³/mol. The lowest BCUT2D eigenvalue weighted by atomic mass is 9.96. The number of pyridine rings is 1. The summed E-state index contributed by atoms with van der Waals surface area (Å²) in [4.78, 5) is 43.1. The lowest BCUT2D eigenvalue weighted by Gasteiger charge is -2.31. The third-order valence-corrected chi connectivity index (χ3v) is 5.75. The van der Waals surface area contributed by atoms with Gasteiger partial charge in [-0.3, -0.25) is 23.7 Å². The molecule has 1 N–H and O–H groups in total. The fourth-order valence-electron chi connectivity index (χ4n) is 3.96. The summed E-state index contributed by atoms with van der Waals surface area (Å²) in [6, 6.07) is 11.3. The molecule has 30 heavy (non-hydrogen) atoms. The van der Waals surface area contributed by atoms with Crippen molar-refractivity contribution in [3.8, 4) is 0 Å². The normalized spacial score (nSPS) is 16.8. The van der Waals surface area contributed by atoms with Crippen molar-refractivity contribution in [1.29, 1.82) is 0 Å². The van der Waals surface area contributed by atoms with Crippen molar-refractivity contribution in [3.63, 3.8) is 0 Å². The molecule has 8 nitrogen and oxygen atoms in total. The van der Waals surface area contributed by atoms with Gasteiger partial charge in [0, 0.05) is 39.8 Å². The molecule has 0 spiro atoms. The highest BCUT2D eigenvalue weighted by Gasteiger charge is 2.30. The highest BCUT2D eigenvalue weighted by molar-refractivity contribution is 5.84. The van der Waals surface area contributed by atoms with E-state index in [4.69, 9.17) is 0 Å². The van der Waals surface area contributed by atoms with Gasteiger partial charge in [0.15, 0.2) is 0 Å². The Bertz CT molecular complexity index is 1150. The molecule has 0 aliphatic carbocycles. The standard InChI is InChI=1S/C22H25N5O3/c1-25-18-8-6-15(11-19(18)26(2)22(25)30)12-24-21(29)16-7-9-20(28)27(13-16)14-17-5-3-4-10-23-17/h3-6,8,10-11,16H,7,9,12-14H2,1-2H3,(H,24,29)/t16-/m1/s1. The van der Waals surface area contributed by atoms with Gasteiger partial charge in [0.1, 0.15) is 0 Å². The predicted octanol–water partition coefficient (Wildman–Crippen LogP) is 1.33. The van der Waals surface area contributed by atoms with Gasteiger partial charge in [-0.05, 0) is 36.2 Å². The minimum absolute atomic E-state index is 0.0557. The van der Waals surface area contributed by atoms with Gasteiger partial charge < -0.3 is 10.2 Å². The van der Waals surface area contributed by atoms with Gasteiger partial charge in [-0.15, -0.1) is 0 Å².